The first-order chi connectivity index (χ1) is 8.24. The fourth-order valence-corrected chi connectivity index (χ4v) is 1.64. The van der Waals surface area contributed by atoms with Crippen molar-refractivity contribution in [2.45, 2.75) is 0 Å². The van der Waals surface area contributed by atoms with Gasteiger partial charge in [-0.25, -0.2) is 0 Å². The molecule has 2 aromatic rings. The van der Waals surface area contributed by atoms with E-state index in [-0.39, 0.29) is 5.69 Å². The van der Waals surface area contributed by atoms with E-state index in [1.165, 1.54) is 6.07 Å². The Labute approximate surface area is 98.4 Å². The molecule has 1 aromatic carbocycles. The molecule has 0 amide bonds. The standard InChI is InChI=1S/C13H10N2O2/c1-2-10-6-5-9-14-13(10)11-7-3-4-8-12(11)15(16)17/h2-9H,1H2. The average molecular weight is 226 g/mol. The molecular formula is C13H10N2O2. The van der Waals surface area contributed by atoms with E-state index in [4.69, 9.17) is 0 Å². The molecule has 0 N–H and O–H groups in total. The molecule has 0 atom stereocenters. The van der Waals surface area contributed by atoms with Crippen molar-refractivity contribution in [3.05, 3.63) is 64.9 Å². The van der Waals surface area contributed by atoms with Crippen LogP contribution in [0.2, 0.25) is 0 Å². The van der Waals surface area contributed by atoms with E-state index in [9.17, 15) is 10.1 Å². The number of hydrogen-bond acceptors (Lipinski definition) is 3. The maximum absolute atomic E-state index is 10.9. The summed E-state index contributed by atoms with van der Waals surface area (Å²) in [5, 5.41) is 10.9. The van der Waals surface area contributed by atoms with Crippen molar-refractivity contribution in [3.63, 3.8) is 0 Å². The Balaban J connectivity index is 2.68. The number of hydrogen-bond donors (Lipinski definition) is 0. The number of nitro groups is 1. The molecule has 17 heavy (non-hydrogen) atoms. The molecule has 4 heteroatoms. The topological polar surface area (TPSA) is 56.0 Å². The molecule has 0 spiro atoms. The van der Waals surface area contributed by atoms with Gasteiger partial charge in [-0.3, -0.25) is 15.1 Å². The van der Waals surface area contributed by atoms with E-state index in [1.807, 2.05) is 6.07 Å². The lowest BCUT2D eigenvalue weighted by atomic mass is 10.0. The van der Waals surface area contributed by atoms with Gasteiger partial charge in [-0.05, 0) is 12.1 Å². The number of aromatic nitrogens is 1. The van der Waals surface area contributed by atoms with Crippen LogP contribution in [-0.4, -0.2) is 9.91 Å². The second-order valence-electron chi connectivity index (χ2n) is 3.42. The summed E-state index contributed by atoms with van der Waals surface area (Å²) in [7, 11) is 0. The molecule has 0 aliphatic carbocycles. The van der Waals surface area contributed by atoms with E-state index >= 15 is 0 Å². The molecule has 0 saturated carbocycles. The van der Waals surface area contributed by atoms with E-state index < -0.39 is 4.92 Å². The monoisotopic (exact) mass is 226 g/mol. The number of nitro benzene ring substituents is 1. The molecule has 0 unspecified atom stereocenters. The van der Waals surface area contributed by atoms with Crippen molar-refractivity contribution in [1.29, 1.82) is 0 Å². The van der Waals surface area contributed by atoms with Crippen LogP contribution in [0.5, 0.6) is 0 Å². The van der Waals surface area contributed by atoms with Crippen LogP contribution in [0.25, 0.3) is 17.3 Å². The molecule has 0 aliphatic rings. The second kappa shape index (κ2) is 4.57. The summed E-state index contributed by atoms with van der Waals surface area (Å²) in [6.45, 7) is 3.68. The highest BCUT2D eigenvalue weighted by molar-refractivity contribution is 5.77. The number of nitrogens with zero attached hydrogens (tertiary/aromatic N) is 2. The van der Waals surface area contributed by atoms with Crippen LogP contribution in [0, 0.1) is 10.1 Å². The van der Waals surface area contributed by atoms with Crippen LogP contribution in [-0.2, 0) is 0 Å². The summed E-state index contributed by atoms with van der Waals surface area (Å²) in [6, 6.07) is 10.1. The van der Waals surface area contributed by atoms with Crippen molar-refractivity contribution in [2.75, 3.05) is 0 Å². The van der Waals surface area contributed by atoms with Gasteiger partial charge in [-0.2, -0.15) is 0 Å². The van der Waals surface area contributed by atoms with Crippen molar-refractivity contribution >= 4 is 11.8 Å². The van der Waals surface area contributed by atoms with Gasteiger partial charge in [0.1, 0.15) is 0 Å². The van der Waals surface area contributed by atoms with Crippen LogP contribution < -0.4 is 0 Å². The molecule has 2 rings (SSSR count). The third-order valence-electron chi connectivity index (χ3n) is 2.41. The Hall–Kier alpha value is -2.49. The minimum Gasteiger partial charge on any atom is -0.258 e. The molecule has 0 fully saturated rings. The Morgan fingerprint density at radius 3 is 2.71 bits per heavy atom. The van der Waals surface area contributed by atoms with E-state index in [0.717, 1.165) is 5.56 Å². The zero-order valence-electron chi connectivity index (χ0n) is 9.04. The summed E-state index contributed by atoms with van der Waals surface area (Å²) >= 11 is 0. The van der Waals surface area contributed by atoms with Crippen LogP contribution in [0.4, 0.5) is 5.69 Å². The second-order valence-corrected chi connectivity index (χ2v) is 3.42. The Bertz CT molecular complexity index is 579. The van der Waals surface area contributed by atoms with E-state index in [0.29, 0.717) is 11.3 Å². The van der Waals surface area contributed by atoms with Crippen LogP contribution in [0.1, 0.15) is 5.56 Å². The summed E-state index contributed by atoms with van der Waals surface area (Å²) < 4.78 is 0. The van der Waals surface area contributed by atoms with Gasteiger partial charge in [0.15, 0.2) is 0 Å². The van der Waals surface area contributed by atoms with Gasteiger partial charge in [-0.15, -0.1) is 0 Å². The number of pyridine rings is 1. The Morgan fingerprint density at radius 1 is 1.24 bits per heavy atom. The fourth-order valence-electron chi connectivity index (χ4n) is 1.64. The predicted octanol–water partition coefficient (Wildman–Crippen LogP) is 3.30. The van der Waals surface area contributed by atoms with Gasteiger partial charge < -0.3 is 0 Å². The fraction of sp³-hybridized carbons (Fsp3) is 0. The lowest BCUT2D eigenvalue weighted by molar-refractivity contribution is -0.384. The maximum atomic E-state index is 10.9. The Morgan fingerprint density at radius 2 is 2.00 bits per heavy atom. The molecule has 84 valence electrons. The highest BCUT2D eigenvalue weighted by Crippen LogP contribution is 2.30. The first-order valence-corrected chi connectivity index (χ1v) is 5.05. The molecule has 0 bridgehead atoms. The highest BCUT2D eigenvalue weighted by Gasteiger charge is 2.16. The van der Waals surface area contributed by atoms with Gasteiger partial charge in [0, 0.05) is 17.8 Å². The molecule has 0 saturated heterocycles. The van der Waals surface area contributed by atoms with E-state index in [1.54, 1.807) is 36.5 Å². The van der Waals surface area contributed by atoms with E-state index in [2.05, 4.69) is 11.6 Å². The molecule has 1 heterocycles. The number of rotatable bonds is 3. The molecular weight excluding hydrogens is 216 g/mol. The number of benzene rings is 1. The van der Waals surface area contributed by atoms with Crippen molar-refractivity contribution < 1.29 is 4.92 Å². The summed E-state index contributed by atoms with van der Waals surface area (Å²) in [4.78, 5) is 14.7. The van der Waals surface area contributed by atoms with Gasteiger partial charge in [0.25, 0.3) is 5.69 Å². The molecule has 0 radical (unpaired) electrons. The van der Waals surface area contributed by atoms with Crippen LogP contribution in [0.15, 0.2) is 49.2 Å². The minimum absolute atomic E-state index is 0.0503. The van der Waals surface area contributed by atoms with Gasteiger partial charge in [0.2, 0.25) is 0 Å². The largest absolute Gasteiger partial charge is 0.278 e. The molecule has 4 nitrogen and oxygen atoms in total. The van der Waals surface area contributed by atoms with Crippen molar-refractivity contribution in [2.24, 2.45) is 0 Å². The summed E-state index contributed by atoms with van der Waals surface area (Å²) in [6.07, 6.45) is 3.25. The normalized spacial score (nSPS) is 9.88. The van der Waals surface area contributed by atoms with Crippen LogP contribution >= 0.6 is 0 Å². The summed E-state index contributed by atoms with van der Waals surface area (Å²) in [5.41, 5.74) is 1.92. The van der Waals surface area contributed by atoms with Gasteiger partial charge in [-0.1, -0.05) is 30.9 Å². The number of para-hydroxylation sites is 1. The van der Waals surface area contributed by atoms with Crippen molar-refractivity contribution in [1.82, 2.24) is 4.98 Å². The lowest BCUT2D eigenvalue weighted by Gasteiger charge is -2.05. The van der Waals surface area contributed by atoms with Gasteiger partial charge >= 0.3 is 0 Å². The van der Waals surface area contributed by atoms with Gasteiger partial charge in [0.05, 0.1) is 16.2 Å². The first-order valence-electron chi connectivity index (χ1n) is 5.05. The third kappa shape index (κ3) is 2.06. The first kappa shape index (κ1) is 11.0. The third-order valence-corrected chi connectivity index (χ3v) is 2.41. The zero-order chi connectivity index (χ0) is 12.3. The SMILES string of the molecule is C=Cc1cccnc1-c1ccccc1[N+](=O)[O-]. The van der Waals surface area contributed by atoms with Crippen LogP contribution in [0.3, 0.4) is 0 Å². The zero-order valence-corrected chi connectivity index (χ0v) is 9.04. The molecule has 0 aliphatic heterocycles. The molecule has 1 aromatic heterocycles. The highest BCUT2D eigenvalue weighted by atomic mass is 16.6. The smallest absolute Gasteiger partial charge is 0.258 e. The quantitative estimate of drug-likeness (QED) is 0.596. The Kier molecular flexibility index (Phi) is 2.96. The van der Waals surface area contributed by atoms with Crippen molar-refractivity contribution in [3.8, 4) is 11.3 Å². The minimum atomic E-state index is -0.406. The lowest BCUT2D eigenvalue weighted by Crippen LogP contribution is -1.94. The average Bonchev–Trinajstić information content (AvgIpc) is 2.38. The maximum Gasteiger partial charge on any atom is 0.278 e. The summed E-state index contributed by atoms with van der Waals surface area (Å²) in [5.74, 6) is 0. The predicted molar refractivity (Wildman–Crippen MR) is 66.4 cm³/mol.